The molecule has 4 nitrogen and oxygen atoms in total. The van der Waals surface area contributed by atoms with Crippen LogP contribution >= 0.6 is 15.9 Å². The molecule has 0 radical (unpaired) electrons. The maximum Gasteiger partial charge on any atom is 0.272 e. The van der Waals surface area contributed by atoms with E-state index in [2.05, 4.69) is 27.3 Å². The standard InChI is InChI=1S/C15H12BrN3O/c16-11-7-14(19(9-11)12-5-6-12)15(20)18-13-4-2-1-3-10(13)8-17/h1-4,7,9,12H,5-6H2,(H,18,20). The molecule has 2 aromatic rings. The lowest BCUT2D eigenvalue weighted by atomic mass is 10.2. The van der Waals surface area contributed by atoms with Crippen LogP contribution in [0, 0.1) is 11.3 Å². The third-order valence-corrected chi connectivity index (χ3v) is 3.72. The van der Waals surface area contributed by atoms with Gasteiger partial charge in [-0.15, -0.1) is 0 Å². The predicted molar refractivity (Wildman–Crippen MR) is 79.5 cm³/mol. The second-order valence-electron chi connectivity index (χ2n) is 4.79. The fourth-order valence-corrected chi connectivity index (χ4v) is 2.60. The molecule has 0 saturated heterocycles. The van der Waals surface area contributed by atoms with Gasteiger partial charge in [-0.05, 0) is 47.0 Å². The van der Waals surface area contributed by atoms with Gasteiger partial charge in [0.2, 0.25) is 0 Å². The molecule has 0 aliphatic heterocycles. The molecule has 0 unspecified atom stereocenters. The molecule has 20 heavy (non-hydrogen) atoms. The van der Waals surface area contributed by atoms with E-state index in [1.807, 2.05) is 16.8 Å². The van der Waals surface area contributed by atoms with Crippen molar-refractivity contribution in [1.29, 1.82) is 5.26 Å². The number of carbonyl (C=O) groups excluding carboxylic acids is 1. The lowest BCUT2D eigenvalue weighted by molar-refractivity contribution is 0.101. The number of benzene rings is 1. The molecule has 1 saturated carbocycles. The fourth-order valence-electron chi connectivity index (χ4n) is 2.16. The highest BCUT2D eigenvalue weighted by Crippen LogP contribution is 2.37. The monoisotopic (exact) mass is 329 g/mol. The molecule has 0 spiro atoms. The number of nitrogens with zero attached hydrogens (tertiary/aromatic N) is 2. The average molecular weight is 330 g/mol. The summed E-state index contributed by atoms with van der Waals surface area (Å²) < 4.78 is 2.89. The number of rotatable bonds is 3. The molecule has 0 atom stereocenters. The molecular weight excluding hydrogens is 318 g/mol. The lowest BCUT2D eigenvalue weighted by Crippen LogP contribution is -2.17. The molecular formula is C15H12BrN3O. The van der Waals surface area contributed by atoms with Crippen LogP contribution in [0.4, 0.5) is 5.69 Å². The first-order valence-corrected chi connectivity index (χ1v) is 7.16. The first-order valence-electron chi connectivity index (χ1n) is 6.37. The maximum absolute atomic E-state index is 12.4. The van der Waals surface area contributed by atoms with E-state index >= 15 is 0 Å². The summed E-state index contributed by atoms with van der Waals surface area (Å²) in [6.07, 6.45) is 4.15. The SMILES string of the molecule is N#Cc1ccccc1NC(=O)c1cc(Br)cn1C1CC1. The largest absolute Gasteiger partial charge is 0.339 e. The number of amides is 1. The summed E-state index contributed by atoms with van der Waals surface area (Å²) in [6, 6.07) is 11.3. The number of para-hydroxylation sites is 1. The molecule has 100 valence electrons. The topological polar surface area (TPSA) is 57.8 Å². The minimum atomic E-state index is -0.190. The van der Waals surface area contributed by atoms with E-state index in [9.17, 15) is 4.79 Å². The number of nitrogens with one attached hydrogen (secondary N) is 1. The van der Waals surface area contributed by atoms with E-state index in [1.54, 1.807) is 24.3 Å². The van der Waals surface area contributed by atoms with Gasteiger partial charge in [0.15, 0.2) is 0 Å². The Labute approximate surface area is 125 Å². The van der Waals surface area contributed by atoms with Crippen LogP contribution in [0.2, 0.25) is 0 Å². The van der Waals surface area contributed by atoms with Gasteiger partial charge in [-0.3, -0.25) is 4.79 Å². The van der Waals surface area contributed by atoms with Crippen molar-refractivity contribution in [3.8, 4) is 6.07 Å². The molecule has 1 aromatic heterocycles. The van der Waals surface area contributed by atoms with Crippen LogP contribution in [-0.4, -0.2) is 10.5 Å². The van der Waals surface area contributed by atoms with Crippen LogP contribution in [0.1, 0.15) is 34.9 Å². The number of carbonyl (C=O) groups is 1. The maximum atomic E-state index is 12.4. The highest BCUT2D eigenvalue weighted by Gasteiger charge is 2.27. The molecule has 1 N–H and O–H groups in total. The van der Waals surface area contributed by atoms with E-state index in [0.29, 0.717) is 23.0 Å². The first kappa shape index (κ1) is 12.9. The number of nitriles is 1. The van der Waals surface area contributed by atoms with Crippen LogP contribution in [0.3, 0.4) is 0 Å². The minimum Gasteiger partial charge on any atom is -0.339 e. The number of anilines is 1. The zero-order chi connectivity index (χ0) is 14.1. The number of aromatic nitrogens is 1. The minimum absolute atomic E-state index is 0.190. The van der Waals surface area contributed by atoms with E-state index in [4.69, 9.17) is 5.26 Å². The summed E-state index contributed by atoms with van der Waals surface area (Å²) in [5.74, 6) is -0.190. The quantitative estimate of drug-likeness (QED) is 0.933. The van der Waals surface area contributed by atoms with Gasteiger partial charge in [0.1, 0.15) is 11.8 Å². The van der Waals surface area contributed by atoms with Crippen molar-refractivity contribution in [3.05, 3.63) is 52.3 Å². The van der Waals surface area contributed by atoms with Crippen molar-refractivity contribution < 1.29 is 4.79 Å². The van der Waals surface area contributed by atoms with Crippen molar-refractivity contribution in [2.75, 3.05) is 5.32 Å². The normalized spacial score (nSPS) is 13.8. The van der Waals surface area contributed by atoms with E-state index in [0.717, 1.165) is 17.3 Å². The van der Waals surface area contributed by atoms with Gasteiger partial charge in [-0.1, -0.05) is 12.1 Å². The highest BCUT2D eigenvalue weighted by molar-refractivity contribution is 9.10. The van der Waals surface area contributed by atoms with Gasteiger partial charge in [0, 0.05) is 16.7 Å². The Balaban J connectivity index is 1.88. The van der Waals surface area contributed by atoms with Gasteiger partial charge in [-0.2, -0.15) is 5.26 Å². The Kier molecular flexibility index (Phi) is 3.33. The van der Waals surface area contributed by atoms with Gasteiger partial charge < -0.3 is 9.88 Å². The smallest absolute Gasteiger partial charge is 0.272 e. The van der Waals surface area contributed by atoms with Crippen molar-refractivity contribution in [1.82, 2.24) is 4.57 Å². The third kappa shape index (κ3) is 2.47. The molecule has 5 heteroatoms. The van der Waals surface area contributed by atoms with E-state index < -0.39 is 0 Å². The van der Waals surface area contributed by atoms with Crippen LogP contribution in [0.25, 0.3) is 0 Å². The summed E-state index contributed by atoms with van der Waals surface area (Å²) in [7, 11) is 0. The second kappa shape index (κ2) is 5.14. The summed E-state index contributed by atoms with van der Waals surface area (Å²) in [5, 5.41) is 11.9. The number of hydrogen-bond acceptors (Lipinski definition) is 2. The molecule has 1 aliphatic rings. The molecule has 1 fully saturated rings. The van der Waals surface area contributed by atoms with Gasteiger partial charge in [0.05, 0.1) is 11.3 Å². The second-order valence-corrected chi connectivity index (χ2v) is 5.71. The Morgan fingerprint density at radius 1 is 1.40 bits per heavy atom. The molecule has 1 heterocycles. The van der Waals surface area contributed by atoms with Crippen molar-refractivity contribution in [2.24, 2.45) is 0 Å². The van der Waals surface area contributed by atoms with Crippen LogP contribution in [0.5, 0.6) is 0 Å². The van der Waals surface area contributed by atoms with Crippen molar-refractivity contribution >= 4 is 27.5 Å². The molecule has 3 rings (SSSR count). The predicted octanol–water partition coefficient (Wildman–Crippen LogP) is 3.71. The zero-order valence-electron chi connectivity index (χ0n) is 10.6. The van der Waals surface area contributed by atoms with Gasteiger partial charge in [0.25, 0.3) is 5.91 Å². The zero-order valence-corrected chi connectivity index (χ0v) is 12.2. The van der Waals surface area contributed by atoms with Gasteiger partial charge in [-0.25, -0.2) is 0 Å². The average Bonchev–Trinajstić information content (AvgIpc) is 3.22. The van der Waals surface area contributed by atoms with Crippen LogP contribution < -0.4 is 5.32 Å². The molecule has 1 aromatic carbocycles. The van der Waals surface area contributed by atoms with Crippen molar-refractivity contribution in [3.63, 3.8) is 0 Å². The first-order chi connectivity index (χ1) is 9.69. The third-order valence-electron chi connectivity index (χ3n) is 3.28. The lowest BCUT2D eigenvalue weighted by Gasteiger charge is -2.09. The summed E-state index contributed by atoms with van der Waals surface area (Å²) in [4.78, 5) is 12.4. The van der Waals surface area contributed by atoms with E-state index in [1.165, 1.54) is 0 Å². The highest BCUT2D eigenvalue weighted by atomic mass is 79.9. The Bertz CT molecular complexity index is 710. The summed E-state index contributed by atoms with van der Waals surface area (Å²) in [5.41, 5.74) is 1.62. The number of halogens is 1. The Hall–Kier alpha value is -2.06. The Morgan fingerprint density at radius 3 is 2.85 bits per heavy atom. The fraction of sp³-hybridized carbons (Fsp3) is 0.200. The molecule has 1 amide bonds. The molecule has 0 bridgehead atoms. The van der Waals surface area contributed by atoms with Crippen molar-refractivity contribution in [2.45, 2.75) is 18.9 Å². The van der Waals surface area contributed by atoms with Crippen LogP contribution in [0.15, 0.2) is 41.0 Å². The van der Waals surface area contributed by atoms with E-state index in [-0.39, 0.29) is 5.91 Å². The summed E-state index contributed by atoms with van der Waals surface area (Å²) in [6.45, 7) is 0. The summed E-state index contributed by atoms with van der Waals surface area (Å²) >= 11 is 3.41. The Morgan fingerprint density at radius 2 is 2.15 bits per heavy atom. The van der Waals surface area contributed by atoms with Crippen LogP contribution in [-0.2, 0) is 0 Å². The van der Waals surface area contributed by atoms with Gasteiger partial charge >= 0.3 is 0 Å². The molecule has 1 aliphatic carbocycles. The number of hydrogen-bond donors (Lipinski definition) is 1.